The Hall–Kier alpha value is -3.40. The molecule has 4 heteroatoms. The van der Waals surface area contributed by atoms with E-state index in [1.807, 2.05) is 65.6 Å². The Morgan fingerprint density at radius 1 is 0.710 bits per heavy atom. The summed E-state index contributed by atoms with van der Waals surface area (Å²) in [5.41, 5.74) is 4.03. The minimum atomic E-state index is -0.178. The lowest BCUT2D eigenvalue weighted by Gasteiger charge is -2.27. The Labute approximate surface area is 183 Å². The van der Waals surface area contributed by atoms with E-state index in [0.717, 1.165) is 44.3 Å². The van der Waals surface area contributed by atoms with Crippen molar-refractivity contribution in [1.29, 1.82) is 0 Å². The molecule has 0 spiro atoms. The second kappa shape index (κ2) is 10.1. The van der Waals surface area contributed by atoms with E-state index in [2.05, 4.69) is 17.4 Å². The third-order valence-corrected chi connectivity index (χ3v) is 5.84. The van der Waals surface area contributed by atoms with Crippen LogP contribution in [0.1, 0.15) is 51.1 Å². The summed E-state index contributed by atoms with van der Waals surface area (Å²) in [5, 5.41) is 3.00. The van der Waals surface area contributed by atoms with Gasteiger partial charge in [0.05, 0.1) is 11.3 Å². The van der Waals surface area contributed by atoms with Crippen molar-refractivity contribution in [3.05, 3.63) is 101 Å². The van der Waals surface area contributed by atoms with Crippen LogP contribution in [-0.4, -0.2) is 29.8 Å². The van der Waals surface area contributed by atoms with Gasteiger partial charge < -0.3 is 10.2 Å². The Kier molecular flexibility index (Phi) is 6.78. The summed E-state index contributed by atoms with van der Waals surface area (Å²) in [4.78, 5) is 28.1. The van der Waals surface area contributed by atoms with Crippen LogP contribution in [0.2, 0.25) is 0 Å². The van der Waals surface area contributed by atoms with Crippen LogP contribution in [0.25, 0.3) is 0 Å². The summed E-state index contributed by atoms with van der Waals surface area (Å²) in [5.74, 6) is -0.185. The monoisotopic (exact) mass is 412 g/mol. The lowest BCUT2D eigenvalue weighted by atomic mass is 9.99. The number of piperidine rings is 1. The molecule has 1 heterocycles. The molecule has 0 aliphatic carbocycles. The molecule has 1 saturated heterocycles. The second-order valence-electron chi connectivity index (χ2n) is 8.00. The highest BCUT2D eigenvalue weighted by molar-refractivity contribution is 6.09. The molecular formula is C27H28N2O2. The molecule has 0 aromatic heterocycles. The number of carbonyl (C=O) groups is 2. The Morgan fingerprint density at radius 2 is 1.35 bits per heavy atom. The molecule has 1 N–H and O–H groups in total. The number of aryl methyl sites for hydroxylation is 2. The predicted octanol–water partition coefficient (Wildman–Crippen LogP) is 5.35. The second-order valence-corrected chi connectivity index (χ2v) is 8.00. The third-order valence-electron chi connectivity index (χ3n) is 5.84. The zero-order chi connectivity index (χ0) is 21.5. The van der Waals surface area contributed by atoms with Crippen LogP contribution in [-0.2, 0) is 12.8 Å². The quantitative estimate of drug-likeness (QED) is 0.593. The normalized spacial score (nSPS) is 13.6. The first kappa shape index (κ1) is 20.9. The minimum Gasteiger partial charge on any atom is -0.339 e. The van der Waals surface area contributed by atoms with E-state index in [1.54, 1.807) is 6.07 Å². The summed E-state index contributed by atoms with van der Waals surface area (Å²) in [6, 6.07) is 25.3. The van der Waals surface area contributed by atoms with E-state index in [0.29, 0.717) is 16.8 Å². The average Bonchev–Trinajstić information content (AvgIpc) is 2.84. The van der Waals surface area contributed by atoms with E-state index in [9.17, 15) is 9.59 Å². The third kappa shape index (κ3) is 5.21. The number of nitrogens with zero attached hydrogens (tertiary/aromatic N) is 1. The highest BCUT2D eigenvalue weighted by atomic mass is 16.2. The van der Waals surface area contributed by atoms with Gasteiger partial charge in [-0.25, -0.2) is 0 Å². The maximum Gasteiger partial charge on any atom is 0.255 e. The van der Waals surface area contributed by atoms with E-state index in [1.165, 1.54) is 12.0 Å². The number of anilines is 1. The van der Waals surface area contributed by atoms with E-state index >= 15 is 0 Å². The molecule has 0 atom stereocenters. The van der Waals surface area contributed by atoms with Crippen LogP contribution in [0.3, 0.4) is 0 Å². The number of nitrogens with one attached hydrogen (secondary N) is 1. The van der Waals surface area contributed by atoms with Gasteiger partial charge in [0.1, 0.15) is 0 Å². The molecule has 2 amide bonds. The highest BCUT2D eigenvalue weighted by Crippen LogP contribution is 2.22. The largest absolute Gasteiger partial charge is 0.339 e. The topological polar surface area (TPSA) is 49.4 Å². The van der Waals surface area contributed by atoms with Crippen LogP contribution in [0.5, 0.6) is 0 Å². The van der Waals surface area contributed by atoms with Crippen molar-refractivity contribution < 1.29 is 9.59 Å². The zero-order valence-corrected chi connectivity index (χ0v) is 17.7. The molecule has 3 aromatic rings. The maximum absolute atomic E-state index is 13.2. The van der Waals surface area contributed by atoms with Crippen molar-refractivity contribution in [1.82, 2.24) is 4.90 Å². The number of likely N-dealkylation sites (tertiary alicyclic amines) is 1. The standard InChI is InChI=1S/C27H28N2O2/c30-26(23-14-6-5-13-22(23)18-17-21-11-3-1-4-12-21)28-25-16-8-7-15-24(25)27(31)29-19-9-2-10-20-29/h1,3-8,11-16H,2,9-10,17-20H2,(H,28,30). The Morgan fingerprint density at radius 3 is 2.13 bits per heavy atom. The van der Waals surface area contributed by atoms with E-state index < -0.39 is 0 Å². The van der Waals surface area contributed by atoms with Gasteiger partial charge in [0.2, 0.25) is 0 Å². The molecule has 1 fully saturated rings. The van der Waals surface area contributed by atoms with Crippen molar-refractivity contribution in [3.8, 4) is 0 Å². The van der Waals surface area contributed by atoms with Crippen LogP contribution in [0.15, 0.2) is 78.9 Å². The minimum absolute atomic E-state index is 0.00652. The molecule has 31 heavy (non-hydrogen) atoms. The molecule has 0 bridgehead atoms. The lowest BCUT2D eigenvalue weighted by Crippen LogP contribution is -2.36. The Balaban J connectivity index is 1.51. The molecule has 0 saturated carbocycles. The SMILES string of the molecule is O=C(Nc1ccccc1C(=O)N1CCCCC1)c1ccccc1CCc1ccccc1. The number of carbonyl (C=O) groups excluding carboxylic acids is 2. The van der Waals surface area contributed by atoms with Crippen molar-refractivity contribution in [2.75, 3.05) is 18.4 Å². The first-order valence-corrected chi connectivity index (χ1v) is 11.0. The first-order valence-electron chi connectivity index (χ1n) is 11.0. The first-order chi connectivity index (χ1) is 15.2. The van der Waals surface area contributed by atoms with Gasteiger partial charge in [-0.15, -0.1) is 0 Å². The van der Waals surface area contributed by atoms with Gasteiger partial charge in [-0.1, -0.05) is 60.7 Å². The summed E-state index contributed by atoms with van der Waals surface area (Å²) in [6.45, 7) is 1.56. The Bertz CT molecular complexity index is 1040. The molecule has 0 radical (unpaired) electrons. The molecule has 4 nitrogen and oxygen atoms in total. The van der Waals surface area contributed by atoms with Gasteiger partial charge >= 0.3 is 0 Å². The van der Waals surface area contributed by atoms with Gasteiger partial charge in [0, 0.05) is 18.7 Å². The fourth-order valence-corrected chi connectivity index (χ4v) is 4.12. The van der Waals surface area contributed by atoms with E-state index in [4.69, 9.17) is 0 Å². The van der Waals surface area contributed by atoms with Crippen molar-refractivity contribution in [2.45, 2.75) is 32.1 Å². The smallest absolute Gasteiger partial charge is 0.255 e. The molecule has 3 aromatic carbocycles. The number of para-hydroxylation sites is 1. The van der Waals surface area contributed by atoms with Crippen LogP contribution >= 0.6 is 0 Å². The molecular weight excluding hydrogens is 384 g/mol. The number of amides is 2. The van der Waals surface area contributed by atoms with Crippen LogP contribution in [0, 0.1) is 0 Å². The highest BCUT2D eigenvalue weighted by Gasteiger charge is 2.22. The molecule has 0 unspecified atom stereocenters. The van der Waals surface area contributed by atoms with Crippen LogP contribution < -0.4 is 5.32 Å². The summed E-state index contributed by atoms with van der Waals surface area (Å²) >= 11 is 0. The number of hydrogen-bond acceptors (Lipinski definition) is 2. The van der Waals surface area contributed by atoms with Gasteiger partial charge in [-0.2, -0.15) is 0 Å². The van der Waals surface area contributed by atoms with Crippen LogP contribution in [0.4, 0.5) is 5.69 Å². The van der Waals surface area contributed by atoms with Gasteiger partial charge in [0.25, 0.3) is 11.8 Å². The molecule has 4 rings (SSSR count). The summed E-state index contributed by atoms with van der Waals surface area (Å²) in [6.07, 6.45) is 4.89. The van der Waals surface area contributed by atoms with Crippen molar-refractivity contribution in [2.24, 2.45) is 0 Å². The van der Waals surface area contributed by atoms with E-state index in [-0.39, 0.29) is 11.8 Å². The summed E-state index contributed by atoms with van der Waals surface area (Å²) in [7, 11) is 0. The van der Waals surface area contributed by atoms with Gasteiger partial charge in [-0.05, 0) is 61.4 Å². The molecule has 1 aliphatic rings. The van der Waals surface area contributed by atoms with Crippen molar-refractivity contribution in [3.63, 3.8) is 0 Å². The fourth-order valence-electron chi connectivity index (χ4n) is 4.12. The predicted molar refractivity (Wildman–Crippen MR) is 124 cm³/mol. The zero-order valence-electron chi connectivity index (χ0n) is 17.7. The summed E-state index contributed by atoms with van der Waals surface area (Å²) < 4.78 is 0. The van der Waals surface area contributed by atoms with Crippen molar-refractivity contribution >= 4 is 17.5 Å². The van der Waals surface area contributed by atoms with Gasteiger partial charge in [0.15, 0.2) is 0 Å². The number of rotatable bonds is 6. The number of hydrogen-bond donors (Lipinski definition) is 1. The number of benzene rings is 3. The van der Waals surface area contributed by atoms with Gasteiger partial charge in [-0.3, -0.25) is 9.59 Å². The lowest BCUT2D eigenvalue weighted by molar-refractivity contribution is 0.0725. The average molecular weight is 413 g/mol. The molecule has 1 aliphatic heterocycles. The maximum atomic E-state index is 13.2. The fraction of sp³-hybridized carbons (Fsp3) is 0.259. The molecule has 158 valence electrons.